The van der Waals surface area contributed by atoms with Crippen LogP contribution < -0.4 is 10.6 Å². The number of hydrogen-bond acceptors (Lipinski definition) is 2. The van der Waals surface area contributed by atoms with Crippen LogP contribution in [0.1, 0.15) is 39.0 Å². The molecule has 0 aromatic carbocycles. The van der Waals surface area contributed by atoms with E-state index in [4.69, 9.17) is 5.11 Å². The molecule has 0 spiro atoms. The topological polar surface area (TPSA) is 61.4 Å². The second-order valence-corrected chi connectivity index (χ2v) is 4.02. The van der Waals surface area contributed by atoms with E-state index in [-0.39, 0.29) is 12.1 Å². The van der Waals surface area contributed by atoms with Crippen molar-refractivity contribution in [1.82, 2.24) is 10.6 Å². The molecular formula is C10H20N2O2. The molecular weight excluding hydrogens is 180 g/mol. The molecule has 0 bridgehead atoms. The Morgan fingerprint density at radius 1 is 1.57 bits per heavy atom. The maximum Gasteiger partial charge on any atom is 0.315 e. The minimum Gasteiger partial charge on any atom is -0.393 e. The monoisotopic (exact) mass is 200 g/mol. The summed E-state index contributed by atoms with van der Waals surface area (Å²) in [5.74, 6) is 0. The van der Waals surface area contributed by atoms with Crippen LogP contribution in [0.2, 0.25) is 0 Å². The molecule has 0 saturated heterocycles. The van der Waals surface area contributed by atoms with E-state index < -0.39 is 0 Å². The SMILES string of the molecule is CC(O)CCCNC(=O)NC1CCC1. The molecule has 14 heavy (non-hydrogen) atoms. The quantitative estimate of drug-likeness (QED) is 0.580. The predicted molar refractivity (Wildman–Crippen MR) is 55.1 cm³/mol. The first-order valence-electron chi connectivity index (χ1n) is 5.41. The minimum absolute atomic E-state index is 0.0692. The second-order valence-electron chi connectivity index (χ2n) is 4.02. The number of nitrogens with one attached hydrogen (secondary N) is 2. The van der Waals surface area contributed by atoms with E-state index in [9.17, 15) is 4.79 Å². The maximum absolute atomic E-state index is 11.2. The van der Waals surface area contributed by atoms with Crippen LogP contribution in [0.3, 0.4) is 0 Å². The van der Waals surface area contributed by atoms with Crippen LogP contribution in [0.15, 0.2) is 0 Å². The van der Waals surface area contributed by atoms with E-state index in [1.165, 1.54) is 6.42 Å². The lowest BCUT2D eigenvalue weighted by molar-refractivity contribution is 0.180. The first-order chi connectivity index (χ1) is 6.68. The fraction of sp³-hybridized carbons (Fsp3) is 0.900. The standard InChI is InChI=1S/C10H20N2O2/c1-8(13)4-3-7-11-10(14)12-9-5-2-6-9/h8-9,13H,2-7H2,1H3,(H2,11,12,14). The number of hydrogen-bond donors (Lipinski definition) is 3. The Morgan fingerprint density at radius 2 is 2.29 bits per heavy atom. The summed E-state index contributed by atoms with van der Waals surface area (Å²) in [6.45, 7) is 2.40. The normalized spacial score (nSPS) is 18.4. The molecule has 0 radical (unpaired) electrons. The molecule has 0 aromatic rings. The van der Waals surface area contributed by atoms with E-state index in [2.05, 4.69) is 10.6 Å². The highest BCUT2D eigenvalue weighted by Gasteiger charge is 2.18. The van der Waals surface area contributed by atoms with Gasteiger partial charge in [-0.25, -0.2) is 4.79 Å². The van der Waals surface area contributed by atoms with E-state index in [0.717, 1.165) is 25.7 Å². The smallest absolute Gasteiger partial charge is 0.315 e. The zero-order valence-corrected chi connectivity index (χ0v) is 8.75. The van der Waals surface area contributed by atoms with Crippen molar-refractivity contribution in [1.29, 1.82) is 0 Å². The van der Waals surface area contributed by atoms with Crippen LogP contribution in [-0.4, -0.2) is 29.8 Å². The molecule has 0 heterocycles. The summed E-state index contributed by atoms with van der Waals surface area (Å²) >= 11 is 0. The molecule has 1 fully saturated rings. The lowest BCUT2D eigenvalue weighted by Gasteiger charge is -2.26. The third kappa shape index (κ3) is 4.46. The molecule has 82 valence electrons. The molecule has 1 unspecified atom stereocenters. The Labute approximate surface area is 85.1 Å². The van der Waals surface area contributed by atoms with Crippen LogP contribution in [0.25, 0.3) is 0 Å². The van der Waals surface area contributed by atoms with Crippen molar-refractivity contribution in [3.63, 3.8) is 0 Å². The van der Waals surface area contributed by atoms with Gasteiger partial charge in [0.15, 0.2) is 0 Å². The number of carbonyl (C=O) groups is 1. The van der Waals surface area contributed by atoms with E-state index in [1.54, 1.807) is 6.92 Å². The van der Waals surface area contributed by atoms with E-state index >= 15 is 0 Å². The second kappa shape index (κ2) is 5.86. The fourth-order valence-corrected chi connectivity index (χ4v) is 1.39. The molecule has 1 aliphatic rings. The molecule has 2 amide bonds. The summed E-state index contributed by atoms with van der Waals surface area (Å²) in [4.78, 5) is 11.2. The van der Waals surface area contributed by atoms with Crippen LogP contribution >= 0.6 is 0 Å². The number of rotatable bonds is 5. The van der Waals surface area contributed by atoms with Gasteiger partial charge in [0.1, 0.15) is 0 Å². The molecule has 1 atom stereocenters. The zero-order valence-electron chi connectivity index (χ0n) is 8.75. The highest BCUT2D eigenvalue weighted by molar-refractivity contribution is 5.74. The molecule has 4 nitrogen and oxygen atoms in total. The number of aliphatic hydroxyl groups excluding tert-OH is 1. The van der Waals surface area contributed by atoms with Gasteiger partial charge < -0.3 is 15.7 Å². The number of carbonyl (C=O) groups excluding carboxylic acids is 1. The van der Waals surface area contributed by atoms with Gasteiger partial charge in [-0.3, -0.25) is 0 Å². The van der Waals surface area contributed by atoms with Gasteiger partial charge in [-0.1, -0.05) is 0 Å². The summed E-state index contributed by atoms with van der Waals surface area (Å²) in [6.07, 6.45) is 4.75. The van der Waals surface area contributed by atoms with Crippen molar-refractivity contribution in [3.05, 3.63) is 0 Å². The maximum atomic E-state index is 11.2. The van der Waals surface area contributed by atoms with Gasteiger partial charge in [-0.05, 0) is 39.0 Å². The van der Waals surface area contributed by atoms with Crippen LogP contribution in [0.4, 0.5) is 4.79 Å². The van der Waals surface area contributed by atoms with Gasteiger partial charge in [-0.15, -0.1) is 0 Å². The van der Waals surface area contributed by atoms with Gasteiger partial charge in [0, 0.05) is 12.6 Å². The highest BCUT2D eigenvalue weighted by Crippen LogP contribution is 2.17. The average molecular weight is 200 g/mol. The predicted octanol–water partition coefficient (Wildman–Crippen LogP) is 0.999. The van der Waals surface area contributed by atoms with Crippen molar-refractivity contribution in [2.75, 3.05) is 6.54 Å². The van der Waals surface area contributed by atoms with Crippen LogP contribution in [-0.2, 0) is 0 Å². The number of aliphatic hydroxyl groups is 1. The largest absolute Gasteiger partial charge is 0.393 e. The summed E-state index contributed by atoms with van der Waals surface area (Å²) < 4.78 is 0. The molecule has 0 aromatic heterocycles. The Bertz CT molecular complexity index is 179. The minimum atomic E-state index is -0.272. The van der Waals surface area contributed by atoms with Crippen molar-refractivity contribution >= 4 is 6.03 Å². The van der Waals surface area contributed by atoms with Crippen LogP contribution in [0.5, 0.6) is 0 Å². The van der Waals surface area contributed by atoms with Gasteiger partial charge in [0.05, 0.1) is 6.10 Å². The average Bonchev–Trinajstić information content (AvgIpc) is 2.05. The molecule has 1 saturated carbocycles. The summed E-state index contributed by atoms with van der Waals surface area (Å²) in [7, 11) is 0. The van der Waals surface area contributed by atoms with Crippen molar-refractivity contribution < 1.29 is 9.90 Å². The summed E-state index contributed by atoms with van der Waals surface area (Å²) in [6, 6.07) is 0.326. The van der Waals surface area contributed by atoms with Gasteiger partial charge in [0.2, 0.25) is 0 Å². The highest BCUT2D eigenvalue weighted by atomic mass is 16.3. The van der Waals surface area contributed by atoms with Crippen molar-refractivity contribution in [2.45, 2.75) is 51.2 Å². The van der Waals surface area contributed by atoms with Crippen molar-refractivity contribution in [3.8, 4) is 0 Å². The fourth-order valence-electron chi connectivity index (χ4n) is 1.39. The zero-order chi connectivity index (χ0) is 10.4. The Balaban J connectivity index is 1.92. The van der Waals surface area contributed by atoms with Gasteiger partial charge in [0.25, 0.3) is 0 Å². The number of urea groups is 1. The van der Waals surface area contributed by atoms with Gasteiger partial charge >= 0.3 is 6.03 Å². The summed E-state index contributed by atoms with van der Waals surface area (Å²) in [5.41, 5.74) is 0. The molecule has 1 aliphatic carbocycles. The van der Waals surface area contributed by atoms with Crippen LogP contribution in [0, 0.1) is 0 Å². The Hall–Kier alpha value is -0.770. The van der Waals surface area contributed by atoms with E-state index in [0.29, 0.717) is 12.6 Å². The molecule has 4 heteroatoms. The third-order valence-electron chi connectivity index (χ3n) is 2.52. The van der Waals surface area contributed by atoms with Gasteiger partial charge in [-0.2, -0.15) is 0 Å². The molecule has 1 rings (SSSR count). The lowest BCUT2D eigenvalue weighted by atomic mass is 9.93. The Morgan fingerprint density at radius 3 is 2.79 bits per heavy atom. The Kier molecular flexibility index (Phi) is 4.73. The molecule has 3 N–H and O–H groups in total. The summed E-state index contributed by atoms with van der Waals surface area (Å²) in [5, 5.41) is 14.6. The third-order valence-corrected chi connectivity index (χ3v) is 2.52. The lowest BCUT2D eigenvalue weighted by Crippen LogP contribution is -2.45. The first kappa shape index (κ1) is 11.3. The molecule has 0 aliphatic heterocycles. The number of amides is 2. The van der Waals surface area contributed by atoms with E-state index in [1.807, 2.05) is 0 Å². The first-order valence-corrected chi connectivity index (χ1v) is 5.41. The van der Waals surface area contributed by atoms with Crippen molar-refractivity contribution in [2.24, 2.45) is 0 Å².